The van der Waals surface area contributed by atoms with E-state index in [1.54, 1.807) is 6.92 Å². The molecule has 2 heterocycles. The second-order valence-electron chi connectivity index (χ2n) is 8.20. The monoisotopic (exact) mass is 462 g/mol. The van der Waals surface area contributed by atoms with Crippen molar-refractivity contribution in [1.29, 1.82) is 0 Å². The molecule has 1 saturated heterocycles. The van der Waals surface area contributed by atoms with Gasteiger partial charge in [-0.25, -0.2) is 9.78 Å². The molecule has 1 aliphatic heterocycles. The third-order valence-corrected chi connectivity index (χ3v) is 5.78. The number of hydrogen-bond acceptors (Lipinski definition) is 6. The van der Waals surface area contributed by atoms with Crippen molar-refractivity contribution in [1.82, 2.24) is 10.3 Å². The quantitative estimate of drug-likeness (QED) is 0.512. The number of nitrogens with zero attached hydrogens (tertiary/aromatic N) is 2. The van der Waals surface area contributed by atoms with E-state index in [1.165, 1.54) is 0 Å². The Balaban J connectivity index is 1.48. The molecule has 2 amide bonds. The van der Waals surface area contributed by atoms with Gasteiger partial charge < -0.3 is 25.0 Å². The zero-order valence-corrected chi connectivity index (χ0v) is 19.5. The zero-order chi connectivity index (χ0) is 23.9. The van der Waals surface area contributed by atoms with Crippen LogP contribution in [0.1, 0.15) is 30.5 Å². The minimum absolute atomic E-state index is 0.0519. The van der Waals surface area contributed by atoms with Gasteiger partial charge in [-0.05, 0) is 49.2 Å². The van der Waals surface area contributed by atoms with E-state index in [2.05, 4.69) is 21.6 Å². The fourth-order valence-electron chi connectivity index (χ4n) is 4.06. The second kappa shape index (κ2) is 11.0. The van der Waals surface area contributed by atoms with Crippen molar-refractivity contribution in [2.45, 2.75) is 26.3 Å². The summed E-state index contributed by atoms with van der Waals surface area (Å²) in [5.41, 5.74) is 3.44. The first-order valence-electron chi connectivity index (χ1n) is 11.6. The molecule has 0 radical (unpaired) electrons. The number of carbonyl (C=O) groups excluding carboxylic acids is 2. The van der Waals surface area contributed by atoms with Crippen LogP contribution in [0.4, 0.5) is 16.3 Å². The van der Waals surface area contributed by atoms with Gasteiger partial charge in [0.05, 0.1) is 37.8 Å². The number of pyridine rings is 1. The van der Waals surface area contributed by atoms with Crippen LogP contribution in [0, 0.1) is 6.92 Å². The number of hydrogen-bond donors (Lipinski definition) is 2. The van der Waals surface area contributed by atoms with Crippen LogP contribution in [0.5, 0.6) is 0 Å². The van der Waals surface area contributed by atoms with Gasteiger partial charge in [-0.1, -0.05) is 30.3 Å². The smallest absolute Gasteiger partial charge is 0.319 e. The van der Waals surface area contributed by atoms with Crippen LogP contribution in [-0.2, 0) is 14.3 Å². The summed E-state index contributed by atoms with van der Waals surface area (Å²) in [4.78, 5) is 31.9. The summed E-state index contributed by atoms with van der Waals surface area (Å²) in [6, 6.07) is 16.2. The van der Waals surface area contributed by atoms with Crippen molar-refractivity contribution in [2.24, 2.45) is 0 Å². The molecule has 1 aromatic heterocycles. The van der Waals surface area contributed by atoms with E-state index in [9.17, 15) is 9.59 Å². The van der Waals surface area contributed by atoms with Crippen LogP contribution in [0.25, 0.3) is 10.9 Å². The highest BCUT2D eigenvalue weighted by Crippen LogP contribution is 2.26. The van der Waals surface area contributed by atoms with Gasteiger partial charge in [-0.2, -0.15) is 0 Å². The van der Waals surface area contributed by atoms with Crippen molar-refractivity contribution >= 4 is 34.4 Å². The molecule has 1 atom stereocenters. The van der Waals surface area contributed by atoms with Gasteiger partial charge in [0.2, 0.25) is 0 Å². The summed E-state index contributed by atoms with van der Waals surface area (Å²) in [6.07, 6.45) is 0.0519. The Kier molecular flexibility index (Phi) is 7.59. The van der Waals surface area contributed by atoms with Gasteiger partial charge >= 0.3 is 12.0 Å². The maximum absolute atomic E-state index is 12.8. The first kappa shape index (κ1) is 23.5. The molecular formula is C26H30N4O4. The van der Waals surface area contributed by atoms with Gasteiger partial charge in [0.15, 0.2) is 0 Å². The molecule has 0 unspecified atom stereocenters. The molecule has 34 heavy (non-hydrogen) atoms. The van der Waals surface area contributed by atoms with E-state index < -0.39 is 12.1 Å². The molecule has 178 valence electrons. The number of esters is 1. The molecule has 0 bridgehead atoms. The zero-order valence-electron chi connectivity index (χ0n) is 19.5. The van der Waals surface area contributed by atoms with Crippen molar-refractivity contribution in [3.8, 4) is 0 Å². The molecule has 0 saturated carbocycles. The van der Waals surface area contributed by atoms with Crippen LogP contribution in [0.3, 0.4) is 0 Å². The number of benzene rings is 2. The van der Waals surface area contributed by atoms with Crippen LogP contribution >= 0.6 is 0 Å². The minimum atomic E-state index is -0.500. The summed E-state index contributed by atoms with van der Waals surface area (Å²) < 4.78 is 10.5. The summed E-state index contributed by atoms with van der Waals surface area (Å²) in [7, 11) is 0. The van der Waals surface area contributed by atoms with Crippen molar-refractivity contribution in [2.75, 3.05) is 43.1 Å². The Morgan fingerprint density at radius 2 is 1.88 bits per heavy atom. The Labute approximate surface area is 199 Å². The Morgan fingerprint density at radius 3 is 2.62 bits per heavy atom. The third kappa shape index (κ3) is 5.82. The summed E-state index contributed by atoms with van der Waals surface area (Å²) >= 11 is 0. The highest BCUT2D eigenvalue weighted by Gasteiger charge is 2.20. The Hall–Kier alpha value is -3.65. The lowest BCUT2D eigenvalue weighted by molar-refractivity contribution is -0.143. The van der Waals surface area contributed by atoms with Gasteiger partial charge in [-0.3, -0.25) is 4.79 Å². The van der Waals surface area contributed by atoms with Gasteiger partial charge in [0.25, 0.3) is 0 Å². The lowest BCUT2D eigenvalue weighted by Crippen LogP contribution is -2.36. The van der Waals surface area contributed by atoms with Crippen LogP contribution in [0.2, 0.25) is 0 Å². The molecule has 8 nitrogen and oxygen atoms in total. The fourth-order valence-corrected chi connectivity index (χ4v) is 4.06. The van der Waals surface area contributed by atoms with E-state index in [1.807, 2.05) is 55.5 Å². The number of amides is 2. The van der Waals surface area contributed by atoms with Gasteiger partial charge in [-0.15, -0.1) is 0 Å². The number of aryl methyl sites for hydroxylation is 1. The summed E-state index contributed by atoms with van der Waals surface area (Å²) in [5.74, 6) is 0.580. The molecule has 2 aromatic carbocycles. The number of urea groups is 1. The van der Waals surface area contributed by atoms with E-state index in [4.69, 9.17) is 14.5 Å². The minimum Gasteiger partial charge on any atom is -0.466 e. The third-order valence-electron chi connectivity index (χ3n) is 5.78. The molecular weight excluding hydrogens is 432 g/mol. The number of anilines is 2. The molecule has 3 aromatic rings. The predicted octanol–water partition coefficient (Wildman–Crippen LogP) is 4.20. The van der Waals surface area contributed by atoms with Crippen molar-refractivity contribution in [3.05, 3.63) is 65.7 Å². The summed E-state index contributed by atoms with van der Waals surface area (Å²) in [5, 5.41) is 6.76. The maximum atomic E-state index is 12.8. The molecule has 8 heteroatoms. The number of fused-ring (bicyclic) bond motifs is 1. The van der Waals surface area contributed by atoms with Gasteiger partial charge in [0, 0.05) is 24.2 Å². The SMILES string of the molecule is CCOC(=O)C[C@H](NC(=O)Nc1ccc2nc(N3CCOCC3)cc(C)c2c1)c1ccccc1. The van der Waals surface area contributed by atoms with Crippen molar-refractivity contribution < 1.29 is 19.1 Å². The standard InChI is InChI=1S/C26H30N4O4/c1-3-34-25(31)17-23(19-7-5-4-6-8-19)29-26(32)27-20-9-10-22-21(16-20)18(2)15-24(28-22)30-11-13-33-14-12-30/h4-10,15-16,23H,3,11-14,17H2,1-2H3,(H2,27,29,32)/t23-/m0/s1. The van der Waals surface area contributed by atoms with Crippen LogP contribution in [-0.4, -0.2) is 49.9 Å². The van der Waals surface area contributed by atoms with Crippen LogP contribution in [0.15, 0.2) is 54.6 Å². The fraction of sp³-hybridized carbons (Fsp3) is 0.346. The Bertz CT molecular complexity index is 1150. The van der Waals surface area contributed by atoms with E-state index in [0.29, 0.717) is 25.5 Å². The second-order valence-corrected chi connectivity index (χ2v) is 8.20. The molecule has 0 aliphatic carbocycles. The summed E-state index contributed by atoms with van der Waals surface area (Å²) in [6.45, 7) is 7.16. The molecule has 2 N–H and O–H groups in total. The van der Waals surface area contributed by atoms with E-state index >= 15 is 0 Å². The number of nitrogens with one attached hydrogen (secondary N) is 2. The highest BCUT2D eigenvalue weighted by molar-refractivity contribution is 5.94. The molecule has 1 fully saturated rings. The molecule has 0 spiro atoms. The van der Waals surface area contributed by atoms with Crippen LogP contribution < -0.4 is 15.5 Å². The Morgan fingerprint density at radius 1 is 1.12 bits per heavy atom. The predicted molar refractivity (Wildman–Crippen MR) is 132 cm³/mol. The average Bonchev–Trinajstić information content (AvgIpc) is 2.85. The highest BCUT2D eigenvalue weighted by atomic mass is 16.5. The largest absolute Gasteiger partial charge is 0.466 e. The number of ether oxygens (including phenoxy) is 2. The topological polar surface area (TPSA) is 92.8 Å². The first-order chi connectivity index (χ1) is 16.5. The lowest BCUT2D eigenvalue weighted by Gasteiger charge is -2.28. The van der Waals surface area contributed by atoms with E-state index in [0.717, 1.165) is 40.9 Å². The number of rotatable bonds is 7. The number of carbonyl (C=O) groups is 2. The normalized spacial score (nSPS) is 14.5. The molecule has 1 aliphatic rings. The lowest BCUT2D eigenvalue weighted by atomic mass is 10.0. The number of aromatic nitrogens is 1. The maximum Gasteiger partial charge on any atom is 0.319 e. The average molecular weight is 463 g/mol. The number of morpholine rings is 1. The van der Waals surface area contributed by atoms with Crippen molar-refractivity contribution in [3.63, 3.8) is 0 Å². The first-order valence-corrected chi connectivity index (χ1v) is 11.6. The van der Waals surface area contributed by atoms with Gasteiger partial charge in [0.1, 0.15) is 5.82 Å². The molecule has 4 rings (SSSR count). The van der Waals surface area contributed by atoms with E-state index in [-0.39, 0.29) is 12.4 Å².